The maximum absolute atomic E-state index is 12.2. The molecule has 0 radical (unpaired) electrons. The van der Waals surface area contributed by atoms with Gasteiger partial charge in [0.2, 0.25) is 5.91 Å². The van der Waals surface area contributed by atoms with Gasteiger partial charge in [-0.05, 0) is 19.8 Å². The van der Waals surface area contributed by atoms with E-state index in [4.69, 9.17) is 10.8 Å². The molecule has 0 aliphatic heterocycles. The molecular weight excluding hydrogens is 204 g/mol. The minimum absolute atomic E-state index is 0.0214. The van der Waals surface area contributed by atoms with E-state index < -0.39 is 0 Å². The van der Waals surface area contributed by atoms with E-state index in [9.17, 15) is 4.79 Å². The topological polar surface area (TPSA) is 75.3 Å². The van der Waals surface area contributed by atoms with Gasteiger partial charge in [0, 0.05) is 12.6 Å². The average Bonchev–Trinajstić information content (AvgIpc) is 2.54. The minimum atomic E-state index is -0.389. The molecule has 0 aromatic carbocycles. The van der Waals surface area contributed by atoms with Gasteiger partial charge < -0.3 is 16.2 Å². The van der Waals surface area contributed by atoms with Crippen LogP contribution in [-0.4, -0.2) is 30.2 Å². The zero-order valence-electron chi connectivity index (χ0n) is 10.2. The predicted octanol–water partition coefficient (Wildman–Crippen LogP) is 0.783. The van der Waals surface area contributed by atoms with Crippen LogP contribution in [0.1, 0.15) is 45.4 Å². The number of hydrogen-bond donors (Lipinski definition) is 3. The average molecular weight is 228 g/mol. The van der Waals surface area contributed by atoms with E-state index in [1.54, 1.807) is 6.92 Å². The van der Waals surface area contributed by atoms with Crippen molar-refractivity contribution < 1.29 is 9.90 Å². The molecule has 0 aromatic heterocycles. The summed E-state index contributed by atoms with van der Waals surface area (Å²) in [5.41, 5.74) is 5.41. The van der Waals surface area contributed by atoms with Crippen molar-refractivity contribution in [1.29, 1.82) is 0 Å². The molecule has 1 rings (SSSR count). The number of aliphatic hydroxyl groups is 1. The first-order valence-electron chi connectivity index (χ1n) is 6.26. The second-order valence-corrected chi connectivity index (χ2v) is 4.96. The number of carbonyl (C=O) groups excluding carboxylic acids is 1. The summed E-state index contributed by atoms with van der Waals surface area (Å²) in [6, 6.07) is -0.181. The quantitative estimate of drug-likeness (QED) is 0.622. The van der Waals surface area contributed by atoms with E-state index >= 15 is 0 Å². The van der Waals surface area contributed by atoms with Crippen molar-refractivity contribution in [1.82, 2.24) is 5.32 Å². The van der Waals surface area contributed by atoms with Gasteiger partial charge in [-0.15, -0.1) is 0 Å². The molecule has 1 fully saturated rings. The van der Waals surface area contributed by atoms with E-state index in [1.807, 2.05) is 0 Å². The Morgan fingerprint density at radius 2 is 1.94 bits per heavy atom. The predicted molar refractivity (Wildman–Crippen MR) is 63.9 cm³/mol. The lowest BCUT2D eigenvalue weighted by Gasteiger charge is -2.31. The molecule has 1 saturated carbocycles. The number of nitrogens with one attached hydrogen (secondary N) is 1. The number of rotatable bonds is 4. The minimum Gasteiger partial charge on any atom is -0.394 e. The van der Waals surface area contributed by atoms with Gasteiger partial charge in [-0.1, -0.05) is 25.7 Å². The fraction of sp³-hybridized carbons (Fsp3) is 0.917. The molecule has 1 amide bonds. The molecule has 94 valence electrons. The van der Waals surface area contributed by atoms with Crippen molar-refractivity contribution in [3.63, 3.8) is 0 Å². The third kappa shape index (κ3) is 3.19. The molecule has 16 heavy (non-hydrogen) atoms. The number of aliphatic hydroxyl groups excluding tert-OH is 1. The normalized spacial score (nSPS) is 22.2. The van der Waals surface area contributed by atoms with E-state index in [1.165, 1.54) is 12.8 Å². The largest absolute Gasteiger partial charge is 0.394 e. The molecule has 0 aromatic rings. The Kier molecular flexibility index (Phi) is 5.22. The molecule has 1 atom stereocenters. The van der Waals surface area contributed by atoms with Crippen molar-refractivity contribution in [2.45, 2.75) is 51.5 Å². The first kappa shape index (κ1) is 13.5. The molecule has 1 aliphatic carbocycles. The zero-order valence-corrected chi connectivity index (χ0v) is 10.2. The molecule has 0 bridgehead atoms. The third-order valence-corrected chi connectivity index (χ3v) is 3.58. The highest BCUT2D eigenvalue weighted by atomic mass is 16.3. The van der Waals surface area contributed by atoms with Gasteiger partial charge in [0.1, 0.15) is 0 Å². The maximum atomic E-state index is 12.2. The molecule has 0 saturated heterocycles. The maximum Gasteiger partial charge on any atom is 0.227 e. The summed E-state index contributed by atoms with van der Waals surface area (Å²) in [6.45, 7) is 2.20. The van der Waals surface area contributed by atoms with Gasteiger partial charge in [-0.2, -0.15) is 0 Å². The van der Waals surface area contributed by atoms with Crippen LogP contribution in [-0.2, 0) is 4.79 Å². The Bertz CT molecular complexity index is 223. The summed E-state index contributed by atoms with van der Waals surface area (Å²) in [5, 5.41) is 11.8. The van der Waals surface area contributed by atoms with Crippen molar-refractivity contribution in [3.8, 4) is 0 Å². The SMILES string of the molecule is C[C@@H](CO)NC(=O)C1(CN)CCCCCC1. The van der Waals surface area contributed by atoms with Gasteiger partial charge in [0.05, 0.1) is 12.0 Å². The van der Waals surface area contributed by atoms with Crippen LogP contribution in [0.25, 0.3) is 0 Å². The van der Waals surface area contributed by atoms with E-state index in [2.05, 4.69) is 5.32 Å². The Morgan fingerprint density at radius 3 is 2.38 bits per heavy atom. The van der Waals surface area contributed by atoms with E-state index in [0.29, 0.717) is 6.54 Å². The van der Waals surface area contributed by atoms with Crippen LogP contribution in [0.4, 0.5) is 0 Å². The van der Waals surface area contributed by atoms with Gasteiger partial charge in [0.25, 0.3) is 0 Å². The van der Waals surface area contributed by atoms with E-state index in [0.717, 1.165) is 25.7 Å². The van der Waals surface area contributed by atoms with Crippen molar-refractivity contribution >= 4 is 5.91 Å². The Balaban J connectivity index is 2.65. The number of nitrogens with two attached hydrogens (primary N) is 1. The zero-order chi connectivity index (χ0) is 12.0. The Hall–Kier alpha value is -0.610. The number of amides is 1. The monoisotopic (exact) mass is 228 g/mol. The van der Waals surface area contributed by atoms with Gasteiger partial charge in [-0.25, -0.2) is 0 Å². The van der Waals surface area contributed by atoms with Gasteiger partial charge in [-0.3, -0.25) is 4.79 Å². The second-order valence-electron chi connectivity index (χ2n) is 4.96. The van der Waals surface area contributed by atoms with Crippen molar-refractivity contribution in [2.75, 3.05) is 13.2 Å². The highest BCUT2D eigenvalue weighted by molar-refractivity contribution is 5.83. The molecule has 4 N–H and O–H groups in total. The lowest BCUT2D eigenvalue weighted by molar-refractivity contribution is -0.132. The summed E-state index contributed by atoms with van der Waals surface area (Å²) in [4.78, 5) is 12.2. The number of carbonyl (C=O) groups is 1. The lowest BCUT2D eigenvalue weighted by atomic mass is 9.79. The van der Waals surface area contributed by atoms with Gasteiger partial charge in [0.15, 0.2) is 0 Å². The fourth-order valence-corrected chi connectivity index (χ4v) is 2.35. The van der Waals surface area contributed by atoms with Crippen LogP contribution in [0.2, 0.25) is 0 Å². The Labute approximate surface area is 97.6 Å². The molecule has 4 nitrogen and oxygen atoms in total. The second kappa shape index (κ2) is 6.21. The fourth-order valence-electron chi connectivity index (χ4n) is 2.35. The first-order chi connectivity index (χ1) is 7.64. The van der Waals surface area contributed by atoms with Crippen molar-refractivity contribution in [3.05, 3.63) is 0 Å². The van der Waals surface area contributed by atoms with Crippen LogP contribution in [0.5, 0.6) is 0 Å². The summed E-state index contributed by atoms with van der Waals surface area (Å²) in [5.74, 6) is 0.0263. The summed E-state index contributed by atoms with van der Waals surface area (Å²) >= 11 is 0. The third-order valence-electron chi connectivity index (χ3n) is 3.58. The summed E-state index contributed by atoms with van der Waals surface area (Å²) < 4.78 is 0. The highest BCUT2D eigenvalue weighted by Gasteiger charge is 2.37. The number of hydrogen-bond acceptors (Lipinski definition) is 3. The summed E-state index contributed by atoms with van der Waals surface area (Å²) in [7, 11) is 0. The van der Waals surface area contributed by atoms with E-state index in [-0.39, 0.29) is 24.0 Å². The smallest absolute Gasteiger partial charge is 0.227 e. The van der Waals surface area contributed by atoms with Gasteiger partial charge >= 0.3 is 0 Å². The molecule has 4 heteroatoms. The highest BCUT2D eigenvalue weighted by Crippen LogP contribution is 2.34. The molecule has 0 heterocycles. The van der Waals surface area contributed by atoms with Crippen LogP contribution >= 0.6 is 0 Å². The lowest BCUT2D eigenvalue weighted by Crippen LogP contribution is -2.49. The first-order valence-corrected chi connectivity index (χ1v) is 6.26. The standard InChI is InChI=1S/C12H24N2O2/c1-10(8-15)14-11(16)12(9-13)6-4-2-3-5-7-12/h10,15H,2-9,13H2,1H3,(H,14,16)/t10-/m0/s1. The van der Waals surface area contributed by atoms with Crippen molar-refractivity contribution in [2.24, 2.45) is 11.1 Å². The van der Waals surface area contributed by atoms with Crippen LogP contribution in [0.15, 0.2) is 0 Å². The van der Waals surface area contributed by atoms with Crippen LogP contribution in [0.3, 0.4) is 0 Å². The molecule has 1 aliphatic rings. The van der Waals surface area contributed by atoms with Crippen LogP contribution < -0.4 is 11.1 Å². The molecular formula is C12H24N2O2. The summed E-state index contributed by atoms with van der Waals surface area (Å²) in [6.07, 6.45) is 6.33. The molecule has 0 spiro atoms. The molecule has 0 unspecified atom stereocenters. The Morgan fingerprint density at radius 1 is 1.38 bits per heavy atom. The van der Waals surface area contributed by atoms with Crippen LogP contribution in [0, 0.1) is 5.41 Å².